The normalized spacial score (nSPS) is 34.2. The lowest BCUT2D eigenvalue weighted by Crippen LogP contribution is -2.47. The Balaban J connectivity index is 1.44. The zero-order valence-electron chi connectivity index (χ0n) is 24.5. The van der Waals surface area contributed by atoms with Gasteiger partial charge in [0, 0.05) is 13.0 Å². The number of hydrogen-bond donors (Lipinski definition) is 0. The Bertz CT molecular complexity index is 694. The summed E-state index contributed by atoms with van der Waals surface area (Å²) in [7, 11) is 0. The maximum Gasteiger partial charge on any atom is 0.223 e. The molecule has 0 spiro atoms. The monoisotopic (exact) mass is 497 g/mol. The summed E-state index contributed by atoms with van der Waals surface area (Å²) >= 11 is 0. The van der Waals surface area contributed by atoms with Gasteiger partial charge in [0.15, 0.2) is 0 Å². The molecular weight excluding hydrogens is 438 g/mol. The van der Waals surface area contributed by atoms with Crippen molar-refractivity contribution in [1.82, 2.24) is 4.90 Å². The van der Waals surface area contributed by atoms with Crippen LogP contribution in [0, 0.1) is 53.3 Å². The zero-order valence-corrected chi connectivity index (χ0v) is 24.5. The minimum absolute atomic E-state index is 0.290. The van der Waals surface area contributed by atoms with Gasteiger partial charge in [-0.1, -0.05) is 85.0 Å². The average molecular weight is 498 g/mol. The minimum atomic E-state index is 0.290. The molecule has 0 aliphatic heterocycles. The molecule has 0 saturated heterocycles. The van der Waals surface area contributed by atoms with E-state index in [4.69, 9.17) is 6.42 Å². The van der Waals surface area contributed by atoms with E-state index in [1.54, 1.807) is 0 Å². The summed E-state index contributed by atoms with van der Waals surface area (Å²) in [5.74, 6) is 8.45. The van der Waals surface area contributed by atoms with Crippen LogP contribution in [0.3, 0.4) is 0 Å². The number of nitrogens with zero attached hydrogens (tertiary/aromatic N) is 1. The first kappa shape index (κ1) is 29.6. The highest BCUT2D eigenvalue weighted by Crippen LogP contribution is 2.60. The molecule has 3 rings (SSSR count). The molecular formula is C34H59NO. The van der Waals surface area contributed by atoms with Crippen LogP contribution in [0.2, 0.25) is 0 Å². The molecule has 2 nitrogen and oxygen atoms in total. The van der Waals surface area contributed by atoms with Crippen molar-refractivity contribution in [3.8, 4) is 12.3 Å². The van der Waals surface area contributed by atoms with Gasteiger partial charge in [-0.2, -0.15) is 0 Å². The average Bonchev–Trinajstić information content (AvgIpc) is 3.24. The first-order valence-electron chi connectivity index (χ1n) is 16.2. The Morgan fingerprint density at radius 1 is 0.944 bits per heavy atom. The molecule has 0 aromatic heterocycles. The highest BCUT2D eigenvalue weighted by atomic mass is 16.2. The largest absolute Gasteiger partial charge is 0.332 e. The number of terminal acetylenes is 1. The Labute approximate surface area is 225 Å². The van der Waals surface area contributed by atoms with Gasteiger partial charge < -0.3 is 4.90 Å². The summed E-state index contributed by atoms with van der Waals surface area (Å²) in [4.78, 5) is 14.9. The van der Waals surface area contributed by atoms with Crippen molar-refractivity contribution in [2.45, 2.75) is 143 Å². The van der Waals surface area contributed by atoms with Gasteiger partial charge in [-0.05, 0) is 98.7 Å². The predicted octanol–water partition coefficient (Wildman–Crippen LogP) is 9.27. The fourth-order valence-corrected chi connectivity index (χ4v) is 9.21. The Hall–Kier alpha value is -0.970. The van der Waals surface area contributed by atoms with E-state index in [1.165, 1.54) is 96.3 Å². The second kappa shape index (κ2) is 14.8. The van der Waals surface area contributed by atoms with Crippen molar-refractivity contribution in [1.29, 1.82) is 0 Å². The summed E-state index contributed by atoms with van der Waals surface area (Å²) in [6.45, 7) is 11.3. The maximum absolute atomic E-state index is 12.9. The predicted molar refractivity (Wildman–Crippen MR) is 155 cm³/mol. The van der Waals surface area contributed by atoms with E-state index in [1.807, 2.05) is 4.90 Å². The fourth-order valence-electron chi connectivity index (χ4n) is 9.21. The minimum Gasteiger partial charge on any atom is -0.332 e. The van der Waals surface area contributed by atoms with Crippen LogP contribution < -0.4 is 0 Å². The summed E-state index contributed by atoms with van der Waals surface area (Å²) in [5, 5.41) is 0. The molecule has 1 amide bonds. The molecule has 3 aliphatic rings. The number of fused-ring (bicyclic) bond motifs is 1. The Morgan fingerprint density at radius 2 is 1.69 bits per heavy atom. The lowest BCUT2D eigenvalue weighted by Gasteiger charge is -2.55. The molecule has 3 fully saturated rings. The number of rotatable bonds is 14. The van der Waals surface area contributed by atoms with E-state index in [9.17, 15) is 4.79 Å². The van der Waals surface area contributed by atoms with Crippen LogP contribution in [0.15, 0.2) is 0 Å². The van der Waals surface area contributed by atoms with Crippen molar-refractivity contribution in [2.75, 3.05) is 13.1 Å². The molecule has 7 atom stereocenters. The standard InChI is InChI=1S/C34H59NO/c1-6-9-10-11-12-15-26-35(25-7-2)33(36)19-16-17-28-20-22-30(27(28)4)31-23-21-29-18-13-14-24-34(29,5)32(31)8-3/h2,27-32H,6,8-26H2,1,3-5H3/t27-,28-,29?,30?,31?,32?,34-/m0/s1. The smallest absolute Gasteiger partial charge is 0.223 e. The van der Waals surface area contributed by atoms with Crippen molar-refractivity contribution in [3.63, 3.8) is 0 Å². The molecule has 206 valence electrons. The molecule has 3 saturated carbocycles. The van der Waals surface area contributed by atoms with Crippen molar-refractivity contribution >= 4 is 5.91 Å². The van der Waals surface area contributed by atoms with Gasteiger partial charge >= 0.3 is 0 Å². The molecule has 2 heteroatoms. The van der Waals surface area contributed by atoms with Gasteiger partial charge in [-0.3, -0.25) is 4.79 Å². The summed E-state index contributed by atoms with van der Waals surface area (Å²) in [6.07, 6.45) is 29.2. The van der Waals surface area contributed by atoms with Crippen molar-refractivity contribution in [2.24, 2.45) is 40.9 Å². The summed E-state index contributed by atoms with van der Waals surface area (Å²) in [5.41, 5.74) is 0.608. The summed E-state index contributed by atoms with van der Waals surface area (Å²) in [6, 6.07) is 0. The van der Waals surface area contributed by atoms with E-state index < -0.39 is 0 Å². The highest BCUT2D eigenvalue weighted by molar-refractivity contribution is 5.76. The van der Waals surface area contributed by atoms with Gasteiger partial charge in [0.2, 0.25) is 5.91 Å². The second-order valence-corrected chi connectivity index (χ2v) is 13.2. The second-order valence-electron chi connectivity index (χ2n) is 13.2. The topological polar surface area (TPSA) is 20.3 Å². The first-order valence-corrected chi connectivity index (χ1v) is 16.2. The van der Waals surface area contributed by atoms with Crippen LogP contribution in [-0.4, -0.2) is 23.9 Å². The van der Waals surface area contributed by atoms with Crippen molar-refractivity contribution < 1.29 is 4.79 Å². The van der Waals surface area contributed by atoms with Crippen LogP contribution in [0.25, 0.3) is 0 Å². The number of carbonyl (C=O) groups is 1. The van der Waals surface area contributed by atoms with Crippen molar-refractivity contribution in [3.05, 3.63) is 0 Å². The first-order chi connectivity index (χ1) is 17.5. The van der Waals surface area contributed by atoms with E-state index >= 15 is 0 Å². The molecule has 0 heterocycles. The van der Waals surface area contributed by atoms with E-state index in [0.717, 1.165) is 54.9 Å². The molecule has 0 radical (unpaired) electrons. The van der Waals surface area contributed by atoms with E-state index in [2.05, 4.69) is 33.6 Å². The van der Waals surface area contributed by atoms with Crippen LogP contribution >= 0.6 is 0 Å². The van der Waals surface area contributed by atoms with Gasteiger partial charge in [0.1, 0.15) is 0 Å². The fraction of sp³-hybridized carbons (Fsp3) is 0.912. The Morgan fingerprint density at radius 3 is 2.44 bits per heavy atom. The molecule has 0 aromatic rings. The molecule has 4 unspecified atom stereocenters. The van der Waals surface area contributed by atoms with Gasteiger partial charge in [-0.15, -0.1) is 6.42 Å². The number of amides is 1. The third-order valence-electron chi connectivity index (χ3n) is 11.3. The molecule has 0 bridgehead atoms. The molecule has 0 aromatic carbocycles. The van der Waals surface area contributed by atoms with Crippen LogP contribution in [0.1, 0.15) is 143 Å². The van der Waals surface area contributed by atoms with Crippen LogP contribution in [0.5, 0.6) is 0 Å². The van der Waals surface area contributed by atoms with Crippen LogP contribution in [0.4, 0.5) is 0 Å². The van der Waals surface area contributed by atoms with Crippen LogP contribution in [-0.2, 0) is 4.79 Å². The lowest BCUT2D eigenvalue weighted by molar-refractivity contribution is -0.130. The number of unbranched alkanes of at least 4 members (excludes halogenated alkanes) is 5. The number of hydrogen-bond acceptors (Lipinski definition) is 1. The molecule has 0 N–H and O–H groups in total. The quantitative estimate of drug-likeness (QED) is 0.173. The SMILES string of the molecule is C#CCN(CCCCCCCC)C(=O)CCC[C@H]1CCC(C2CCC3CCCC[C@]3(C)C2CC)[C@H]1C. The molecule has 36 heavy (non-hydrogen) atoms. The summed E-state index contributed by atoms with van der Waals surface area (Å²) < 4.78 is 0. The zero-order chi connectivity index (χ0) is 26.0. The lowest BCUT2D eigenvalue weighted by atomic mass is 9.49. The van der Waals surface area contributed by atoms with Gasteiger partial charge in [0.05, 0.1) is 6.54 Å². The van der Waals surface area contributed by atoms with Gasteiger partial charge in [0.25, 0.3) is 0 Å². The van der Waals surface area contributed by atoms with E-state index in [0.29, 0.717) is 24.3 Å². The highest BCUT2D eigenvalue weighted by Gasteiger charge is 2.51. The van der Waals surface area contributed by atoms with E-state index in [-0.39, 0.29) is 0 Å². The third kappa shape index (κ3) is 7.32. The number of carbonyl (C=O) groups excluding carboxylic acids is 1. The Kier molecular flexibility index (Phi) is 12.2. The van der Waals surface area contributed by atoms with Gasteiger partial charge in [-0.25, -0.2) is 0 Å². The third-order valence-corrected chi connectivity index (χ3v) is 11.3. The maximum atomic E-state index is 12.9. The molecule has 3 aliphatic carbocycles.